The molecule has 0 saturated heterocycles. The van der Waals surface area contributed by atoms with Crippen molar-refractivity contribution in [2.45, 2.75) is 171 Å². The van der Waals surface area contributed by atoms with Crippen LogP contribution in [0.1, 0.15) is 164 Å². The SMILES string of the molecule is C=C(C)[C@@H]1CC[C@]2(C(=O)N[C@@H]3C[C@H](c4nnc(C)o4)C3(C)C)CC[C@]3(C)[C@H](CC[C@@H]4[C@@]5(C)CC[C@H](OC(=O)[C@H]6CC(C(=O)O)C6(C)C)C(C)(C)[C@@H]5CC[C@]43C)[C@@H]12. The van der Waals surface area contributed by atoms with Crippen LogP contribution in [0.25, 0.3) is 0 Å². The van der Waals surface area contributed by atoms with E-state index in [2.05, 4.69) is 77.5 Å². The largest absolute Gasteiger partial charge is 0.481 e. The first-order valence-corrected chi connectivity index (χ1v) is 22.2. The number of nitrogens with zero attached hydrogens (tertiary/aromatic N) is 2. The van der Waals surface area contributed by atoms with Crippen LogP contribution in [0, 0.1) is 86.3 Å². The number of nitrogens with one attached hydrogen (secondary N) is 1. The molecule has 1 aromatic rings. The number of fused-ring (bicyclic) bond motifs is 7. The van der Waals surface area contributed by atoms with Crippen LogP contribution in [-0.4, -0.2) is 45.3 Å². The van der Waals surface area contributed by atoms with Crippen molar-refractivity contribution in [1.29, 1.82) is 0 Å². The molecule has 9 nitrogen and oxygen atoms in total. The van der Waals surface area contributed by atoms with E-state index in [4.69, 9.17) is 9.15 Å². The summed E-state index contributed by atoms with van der Waals surface area (Å²) in [5.74, 6) is 1.89. The first kappa shape index (κ1) is 40.1. The standard InChI is InChI=1S/C47H71N3O6/c1-25(2)27-15-20-47(40(54)48-34-24-29(42(34,6)7)37-50-49-26(3)55-37)22-21-45(11)28(36(27)47)13-14-33-44(10)18-17-35(43(8,9)32(44)16-19-46(33,45)12)56-39(53)31-23-30(38(51)52)41(31,4)5/h27-36H,1,13-24H2,2-12H3,(H,48,54)(H,51,52)/t27-,28+,29+,30?,31+,32-,33+,34+,35-,36+,44-,45+,46+,47-/m0/s1. The van der Waals surface area contributed by atoms with Gasteiger partial charge in [-0.15, -0.1) is 10.2 Å². The molecule has 7 aliphatic carbocycles. The molecule has 56 heavy (non-hydrogen) atoms. The fourth-order valence-electron chi connectivity index (χ4n) is 16.0. The molecule has 2 N–H and O–H groups in total. The summed E-state index contributed by atoms with van der Waals surface area (Å²) >= 11 is 0. The quantitative estimate of drug-likeness (QED) is 0.207. The van der Waals surface area contributed by atoms with E-state index in [9.17, 15) is 19.5 Å². The number of carbonyl (C=O) groups excluding carboxylic acids is 2. The smallest absolute Gasteiger partial charge is 0.309 e. The Morgan fingerprint density at radius 3 is 2.11 bits per heavy atom. The van der Waals surface area contributed by atoms with Gasteiger partial charge in [0.2, 0.25) is 17.7 Å². The molecule has 0 spiro atoms. The Kier molecular flexibility index (Phi) is 9.05. The summed E-state index contributed by atoms with van der Waals surface area (Å²) in [6, 6.07) is 0.0718. The highest BCUT2D eigenvalue weighted by Crippen LogP contribution is 2.78. The van der Waals surface area contributed by atoms with Gasteiger partial charge in [0.05, 0.1) is 17.3 Å². The number of hydrogen-bond acceptors (Lipinski definition) is 7. The average molecular weight is 774 g/mol. The van der Waals surface area contributed by atoms with Crippen LogP contribution in [0.2, 0.25) is 0 Å². The van der Waals surface area contributed by atoms with Crippen LogP contribution in [-0.2, 0) is 19.1 Å². The van der Waals surface area contributed by atoms with Crippen LogP contribution in [0.4, 0.5) is 0 Å². The molecule has 0 aliphatic heterocycles. The van der Waals surface area contributed by atoms with Crippen LogP contribution < -0.4 is 5.32 Å². The lowest BCUT2D eigenvalue weighted by atomic mass is 9.32. The molecule has 0 aromatic carbocycles. The predicted octanol–water partition coefficient (Wildman–Crippen LogP) is 9.69. The highest BCUT2D eigenvalue weighted by molar-refractivity contribution is 5.84. The number of aromatic nitrogens is 2. The lowest BCUT2D eigenvalue weighted by Crippen LogP contribution is -2.68. The highest BCUT2D eigenvalue weighted by Gasteiger charge is 2.72. The van der Waals surface area contributed by atoms with Gasteiger partial charge < -0.3 is 19.6 Å². The van der Waals surface area contributed by atoms with E-state index in [-0.39, 0.29) is 68.3 Å². The molecule has 7 saturated carbocycles. The fraction of sp³-hybridized carbons (Fsp3) is 0.851. The lowest BCUT2D eigenvalue weighted by Gasteiger charge is -2.73. The summed E-state index contributed by atoms with van der Waals surface area (Å²) in [7, 11) is 0. The summed E-state index contributed by atoms with van der Waals surface area (Å²) in [5.41, 5.74) is 0.290. The zero-order valence-corrected chi connectivity index (χ0v) is 36.3. The van der Waals surface area contributed by atoms with Gasteiger partial charge in [-0.25, -0.2) is 0 Å². The third-order valence-electron chi connectivity index (χ3n) is 20.0. The molecule has 0 radical (unpaired) electrons. The van der Waals surface area contributed by atoms with Crippen LogP contribution in [0.15, 0.2) is 16.6 Å². The number of rotatable bonds is 7. The normalized spacial score (nSPS) is 46.7. The predicted molar refractivity (Wildman–Crippen MR) is 214 cm³/mol. The molecule has 1 unspecified atom stereocenters. The van der Waals surface area contributed by atoms with Gasteiger partial charge >= 0.3 is 11.9 Å². The van der Waals surface area contributed by atoms with Gasteiger partial charge in [0.25, 0.3) is 0 Å². The number of aliphatic carboxylic acids is 1. The summed E-state index contributed by atoms with van der Waals surface area (Å²) in [6.07, 6.45) is 11.5. The fourth-order valence-corrected chi connectivity index (χ4v) is 16.0. The molecule has 7 fully saturated rings. The molecular formula is C47H71N3O6. The molecule has 9 heteroatoms. The maximum atomic E-state index is 15.0. The van der Waals surface area contributed by atoms with Crippen molar-refractivity contribution >= 4 is 17.8 Å². The van der Waals surface area contributed by atoms with E-state index in [1.807, 2.05) is 20.8 Å². The Morgan fingerprint density at radius 2 is 1.50 bits per heavy atom. The summed E-state index contributed by atoms with van der Waals surface area (Å²) in [5, 5.41) is 21.8. The van der Waals surface area contributed by atoms with Crippen LogP contribution >= 0.6 is 0 Å². The molecule has 14 atom stereocenters. The molecule has 1 amide bonds. The minimum Gasteiger partial charge on any atom is -0.481 e. The zero-order chi connectivity index (χ0) is 40.8. The van der Waals surface area contributed by atoms with E-state index >= 15 is 0 Å². The average Bonchev–Trinajstić information content (AvgIpc) is 3.71. The first-order chi connectivity index (χ1) is 26.0. The van der Waals surface area contributed by atoms with E-state index in [0.717, 1.165) is 64.2 Å². The van der Waals surface area contributed by atoms with Gasteiger partial charge in [-0.1, -0.05) is 74.5 Å². The molecule has 8 rings (SSSR count). The Morgan fingerprint density at radius 1 is 0.786 bits per heavy atom. The minimum atomic E-state index is -0.819. The maximum Gasteiger partial charge on any atom is 0.309 e. The first-order valence-electron chi connectivity index (χ1n) is 22.2. The van der Waals surface area contributed by atoms with Crippen LogP contribution in [0.3, 0.4) is 0 Å². The van der Waals surface area contributed by atoms with Crippen molar-refractivity contribution in [2.24, 2.45) is 79.3 Å². The Hall–Kier alpha value is -2.71. The molecular weight excluding hydrogens is 703 g/mol. The van der Waals surface area contributed by atoms with Gasteiger partial charge in [-0.2, -0.15) is 0 Å². The monoisotopic (exact) mass is 774 g/mol. The molecule has 1 aromatic heterocycles. The maximum absolute atomic E-state index is 15.0. The lowest BCUT2D eigenvalue weighted by molar-refractivity contribution is -0.251. The van der Waals surface area contributed by atoms with Gasteiger partial charge in [-0.05, 0) is 141 Å². The third kappa shape index (κ3) is 5.24. The Balaban J connectivity index is 1.02. The number of carbonyl (C=O) groups is 3. The number of amides is 1. The van der Waals surface area contributed by atoms with Gasteiger partial charge in [0, 0.05) is 24.3 Å². The minimum absolute atomic E-state index is 0.0718. The van der Waals surface area contributed by atoms with Crippen LogP contribution in [0.5, 0.6) is 0 Å². The highest BCUT2D eigenvalue weighted by atomic mass is 16.5. The second-order valence-corrected chi connectivity index (χ2v) is 22.9. The summed E-state index contributed by atoms with van der Waals surface area (Å²) in [6.45, 7) is 29.4. The summed E-state index contributed by atoms with van der Waals surface area (Å²) in [4.78, 5) is 40.4. The van der Waals surface area contributed by atoms with Crippen molar-refractivity contribution in [3.05, 3.63) is 23.9 Å². The molecule has 1 heterocycles. The number of esters is 1. The van der Waals surface area contributed by atoms with Crippen molar-refractivity contribution in [1.82, 2.24) is 15.5 Å². The van der Waals surface area contributed by atoms with Crippen molar-refractivity contribution in [3.63, 3.8) is 0 Å². The van der Waals surface area contributed by atoms with E-state index in [0.29, 0.717) is 47.8 Å². The zero-order valence-electron chi connectivity index (χ0n) is 36.3. The Labute approximate surface area is 335 Å². The number of carboxylic acid groups (broad SMARTS) is 1. The number of hydrogen-bond donors (Lipinski definition) is 2. The number of allylic oxidation sites excluding steroid dienone is 1. The Bertz CT molecular complexity index is 1810. The van der Waals surface area contributed by atoms with Crippen molar-refractivity contribution < 1.29 is 28.6 Å². The van der Waals surface area contributed by atoms with E-state index in [1.165, 1.54) is 12.0 Å². The number of ether oxygens (including phenoxy) is 1. The van der Waals surface area contributed by atoms with Gasteiger partial charge in [0.15, 0.2) is 0 Å². The van der Waals surface area contributed by atoms with E-state index < -0.39 is 17.3 Å². The topological polar surface area (TPSA) is 132 Å². The molecule has 7 aliphatic rings. The second kappa shape index (κ2) is 12.6. The number of carboxylic acids is 1. The summed E-state index contributed by atoms with van der Waals surface area (Å²) < 4.78 is 12.3. The number of aryl methyl sites for hydroxylation is 1. The van der Waals surface area contributed by atoms with Gasteiger partial charge in [-0.3, -0.25) is 14.4 Å². The van der Waals surface area contributed by atoms with Crippen molar-refractivity contribution in [2.75, 3.05) is 0 Å². The van der Waals surface area contributed by atoms with Crippen molar-refractivity contribution in [3.8, 4) is 0 Å². The second-order valence-electron chi connectivity index (χ2n) is 22.9. The third-order valence-corrected chi connectivity index (χ3v) is 20.0. The molecule has 0 bridgehead atoms. The van der Waals surface area contributed by atoms with Gasteiger partial charge in [0.1, 0.15) is 6.10 Å². The molecule has 310 valence electrons. The van der Waals surface area contributed by atoms with E-state index in [1.54, 1.807) is 0 Å².